The fourth-order valence-corrected chi connectivity index (χ4v) is 8.12. The van der Waals surface area contributed by atoms with Gasteiger partial charge in [0.25, 0.3) is 0 Å². The highest BCUT2D eigenvalue weighted by Gasteiger charge is 2.60. The summed E-state index contributed by atoms with van der Waals surface area (Å²) < 4.78 is 1.98. The van der Waals surface area contributed by atoms with Crippen molar-refractivity contribution in [3.63, 3.8) is 0 Å². The summed E-state index contributed by atoms with van der Waals surface area (Å²) in [5.74, 6) is 3.54. The van der Waals surface area contributed by atoms with Gasteiger partial charge in [-0.3, -0.25) is 9.48 Å². The van der Waals surface area contributed by atoms with E-state index in [-0.39, 0.29) is 5.41 Å². The molecule has 0 amide bonds. The van der Waals surface area contributed by atoms with Crippen molar-refractivity contribution >= 4 is 11.9 Å². The molecular weight excluding hydrogens is 356 g/mol. The summed E-state index contributed by atoms with van der Waals surface area (Å²) in [4.78, 5) is 13.6. The molecule has 0 bridgehead atoms. The second-order valence-electron chi connectivity index (χ2n) is 11.1. The molecule has 3 nitrogen and oxygen atoms in total. The predicted octanol–water partition coefficient (Wildman–Crippen LogP) is 6.21. The van der Waals surface area contributed by atoms with Gasteiger partial charge in [0.1, 0.15) is 0 Å². The van der Waals surface area contributed by atoms with Crippen molar-refractivity contribution < 1.29 is 4.79 Å². The minimum Gasteiger partial charge on any atom is -0.294 e. The molecule has 0 aliphatic heterocycles. The number of hydrogen-bond acceptors (Lipinski definition) is 2. The first kappa shape index (κ1) is 19.6. The van der Waals surface area contributed by atoms with Crippen LogP contribution in [0.15, 0.2) is 11.8 Å². The Labute approximate surface area is 176 Å². The maximum Gasteiger partial charge on any atom is 0.165 e. The third-order valence-electron chi connectivity index (χ3n) is 9.86. The van der Waals surface area contributed by atoms with Gasteiger partial charge in [0.05, 0.1) is 5.69 Å². The van der Waals surface area contributed by atoms with Gasteiger partial charge in [0.2, 0.25) is 0 Å². The Balaban J connectivity index is 1.46. The molecule has 3 heteroatoms. The van der Waals surface area contributed by atoms with Gasteiger partial charge < -0.3 is 0 Å². The van der Waals surface area contributed by atoms with Gasteiger partial charge >= 0.3 is 0 Å². The Morgan fingerprint density at radius 2 is 1.97 bits per heavy atom. The van der Waals surface area contributed by atoms with E-state index < -0.39 is 0 Å². The molecule has 1 aromatic heterocycles. The summed E-state index contributed by atoms with van der Waals surface area (Å²) in [6.07, 6.45) is 16.2. The van der Waals surface area contributed by atoms with Crippen molar-refractivity contribution in [2.24, 2.45) is 34.5 Å². The van der Waals surface area contributed by atoms with Gasteiger partial charge in [0.15, 0.2) is 5.78 Å². The Bertz CT molecular complexity index is 851. The molecule has 29 heavy (non-hydrogen) atoms. The highest BCUT2D eigenvalue weighted by atomic mass is 16.1. The zero-order chi connectivity index (χ0) is 20.4. The first-order valence-electron chi connectivity index (χ1n) is 12.2. The number of aromatic nitrogens is 2. The molecule has 1 heterocycles. The summed E-state index contributed by atoms with van der Waals surface area (Å²) in [5, 5.41) is 4.58. The number of hydrogen-bond donors (Lipinski definition) is 0. The fourth-order valence-electron chi connectivity index (χ4n) is 8.12. The molecule has 0 saturated heterocycles. The van der Waals surface area contributed by atoms with Crippen molar-refractivity contribution in [1.29, 1.82) is 0 Å². The molecule has 5 rings (SSSR count). The third-order valence-corrected chi connectivity index (χ3v) is 9.86. The zero-order valence-electron chi connectivity index (χ0n) is 18.8. The standard InChI is InChI=1S/C26H38N2O/c1-5-28-16-19(17(2)27-28)14-18-15-23-21-10-9-20-8-6-7-12-25(20,3)22(21)11-13-26(23,4)24(18)29/h14,16,20-23H,5-13,15H2,1-4H3/b18-14-/t20-,21-,22+,23+,25+,26+/m1/s1. The second kappa shape index (κ2) is 6.82. The van der Waals surface area contributed by atoms with Gasteiger partial charge in [-0.15, -0.1) is 0 Å². The predicted molar refractivity (Wildman–Crippen MR) is 117 cm³/mol. The topological polar surface area (TPSA) is 34.9 Å². The number of fused-ring (bicyclic) bond motifs is 5. The quantitative estimate of drug-likeness (QED) is 0.559. The van der Waals surface area contributed by atoms with Crippen LogP contribution in [0.25, 0.3) is 6.08 Å². The highest BCUT2D eigenvalue weighted by molar-refractivity contribution is 6.06. The summed E-state index contributed by atoms with van der Waals surface area (Å²) in [6.45, 7) is 9.97. The zero-order valence-corrected chi connectivity index (χ0v) is 18.8. The van der Waals surface area contributed by atoms with Crippen LogP contribution in [0.1, 0.15) is 89.8 Å². The van der Waals surface area contributed by atoms with Gasteiger partial charge in [0, 0.05) is 23.7 Å². The number of carbonyl (C=O) groups is 1. The Hall–Kier alpha value is -1.38. The molecule has 0 unspecified atom stereocenters. The molecule has 0 N–H and O–H groups in total. The van der Waals surface area contributed by atoms with E-state index in [1.54, 1.807) is 0 Å². The molecule has 1 aromatic rings. The molecule has 158 valence electrons. The number of allylic oxidation sites excluding steroid dienone is 1. The molecule has 4 saturated carbocycles. The number of ketones is 1. The Morgan fingerprint density at radius 1 is 1.14 bits per heavy atom. The second-order valence-corrected chi connectivity index (χ2v) is 11.1. The van der Waals surface area contributed by atoms with Gasteiger partial charge in [-0.2, -0.15) is 5.10 Å². The van der Waals surface area contributed by atoms with E-state index in [0.29, 0.717) is 17.1 Å². The van der Waals surface area contributed by atoms with E-state index in [0.717, 1.165) is 54.0 Å². The van der Waals surface area contributed by atoms with E-state index in [9.17, 15) is 4.79 Å². The van der Waals surface area contributed by atoms with E-state index in [1.807, 2.05) is 4.68 Å². The molecule has 4 aliphatic carbocycles. The smallest absolute Gasteiger partial charge is 0.165 e. The first-order chi connectivity index (χ1) is 13.9. The lowest BCUT2D eigenvalue weighted by atomic mass is 9.45. The molecule has 4 aliphatic rings. The molecule has 0 aromatic carbocycles. The van der Waals surface area contributed by atoms with E-state index in [2.05, 4.69) is 45.1 Å². The van der Waals surface area contributed by atoms with Crippen LogP contribution < -0.4 is 0 Å². The van der Waals surface area contributed by atoms with Crippen molar-refractivity contribution in [3.05, 3.63) is 23.0 Å². The van der Waals surface area contributed by atoms with Gasteiger partial charge in [-0.05, 0) is 99.5 Å². The van der Waals surface area contributed by atoms with Crippen LogP contribution in [0.3, 0.4) is 0 Å². The van der Waals surface area contributed by atoms with E-state index >= 15 is 0 Å². The van der Waals surface area contributed by atoms with Crippen LogP contribution in [0.2, 0.25) is 0 Å². The average Bonchev–Trinajstić information content (AvgIpc) is 3.19. The lowest BCUT2D eigenvalue weighted by molar-refractivity contribution is -0.137. The van der Waals surface area contributed by atoms with Gasteiger partial charge in [-0.25, -0.2) is 0 Å². The van der Waals surface area contributed by atoms with Crippen molar-refractivity contribution in [2.75, 3.05) is 0 Å². The van der Waals surface area contributed by atoms with Crippen LogP contribution in [0, 0.1) is 41.4 Å². The monoisotopic (exact) mass is 394 g/mol. The molecule has 0 radical (unpaired) electrons. The average molecular weight is 395 g/mol. The van der Waals surface area contributed by atoms with Gasteiger partial charge in [-0.1, -0.05) is 26.7 Å². The first-order valence-corrected chi connectivity index (χ1v) is 12.2. The third kappa shape index (κ3) is 2.82. The number of nitrogens with zero attached hydrogens (tertiary/aromatic N) is 2. The van der Waals surface area contributed by atoms with E-state index in [1.165, 1.54) is 44.9 Å². The lowest BCUT2D eigenvalue weighted by Crippen LogP contribution is -2.52. The summed E-state index contributed by atoms with van der Waals surface area (Å²) >= 11 is 0. The normalized spacial score (nSPS) is 43.2. The van der Waals surface area contributed by atoms with Crippen LogP contribution >= 0.6 is 0 Å². The highest BCUT2D eigenvalue weighted by Crippen LogP contribution is 2.66. The number of rotatable bonds is 2. The largest absolute Gasteiger partial charge is 0.294 e. The van der Waals surface area contributed by atoms with Crippen molar-refractivity contribution in [1.82, 2.24) is 9.78 Å². The maximum absolute atomic E-state index is 13.6. The lowest BCUT2D eigenvalue weighted by Gasteiger charge is -2.59. The number of carbonyl (C=O) groups excluding carboxylic acids is 1. The minimum absolute atomic E-state index is 0.125. The molecule has 6 atom stereocenters. The van der Waals surface area contributed by atoms with Crippen LogP contribution in [-0.2, 0) is 11.3 Å². The summed E-state index contributed by atoms with van der Waals surface area (Å²) in [6, 6.07) is 0. The van der Waals surface area contributed by atoms with Crippen LogP contribution in [0.4, 0.5) is 0 Å². The summed E-state index contributed by atoms with van der Waals surface area (Å²) in [5.41, 5.74) is 3.67. The van der Waals surface area contributed by atoms with Crippen LogP contribution in [0.5, 0.6) is 0 Å². The SMILES string of the molecule is CCn1cc(/C=C2/C[C@H]3[C@@H]4CC[C@H]5CCCC[C@]5(C)[C@H]4CC[C@]3(C)C2=O)c(C)n1. The molecular formula is C26H38N2O. The Morgan fingerprint density at radius 3 is 2.72 bits per heavy atom. The van der Waals surface area contributed by atoms with Crippen molar-refractivity contribution in [2.45, 2.75) is 92.0 Å². The minimum atomic E-state index is -0.125. The number of Topliss-reactive ketones (excluding diaryl/α,β-unsaturated/α-hetero) is 1. The van der Waals surface area contributed by atoms with Crippen LogP contribution in [-0.4, -0.2) is 15.6 Å². The van der Waals surface area contributed by atoms with E-state index in [4.69, 9.17) is 0 Å². The maximum atomic E-state index is 13.6. The molecule has 4 fully saturated rings. The molecule has 0 spiro atoms. The fraction of sp³-hybridized carbons (Fsp3) is 0.769. The Kier molecular flexibility index (Phi) is 4.60. The summed E-state index contributed by atoms with van der Waals surface area (Å²) in [7, 11) is 0. The number of aryl methyl sites for hydroxylation is 2. The van der Waals surface area contributed by atoms with Crippen molar-refractivity contribution in [3.8, 4) is 0 Å².